The van der Waals surface area contributed by atoms with Gasteiger partial charge in [-0.15, -0.1) is 0 Å². The Kier molecular flexibility index (Phi) is 3.29. The number of benzene rings is 1. The highest BCUT2D eigenvalue weighted by Gasteiger charge is 2.08. The van der Waals surface area contributed by atoms with E-state index in [1.165, 1.54) is 0 Å². The van der Waals surface area contributed by atoms with Crippen molar-refractivity contribution in [3.8, 4) is 5.75 Å². The maximum Gasteiger partial charge on any atom is 0.251 e. The third kappa shape index (κ3) is 1.93. The first kappa shape index (κ1) is 10.3. The van der Waals surface area contributed by atoms with E-state index in [2.05, 4.69) is 11.9 Å². The molecule has 0 saturated heterocycles. The van der Waals surface area contributed by atoms with Crippen LogP contribution >= 0.6 is 0 Å². The molecule has 1 aromatic carbocycles. The van der Waals surface area contributed by atoms with Gasteiger partial charge in [0.15, 0.2) is 0 Å². The average Bonchev–Trinajstić information content (AvgIpc) is 2.27. The van der Waals surface area contributed by atoms with Crippen LogP contribution in [-0.2, 0) is 0 Å². The van der Waals surface area contributed by atoms with E-state index < -0.39 is 0 Å². The van der Waals surface area contributed by atoms with Crippen LogP contribution in [0.5, 0.6) is 5.75 Å². The van der Waals surface area contributed by atoms with Crippen molar-refractivity contribution in [1.29, 1.82) is 0 Å². The molecule has 1 N–H and O–H groups in total. The van der Waals surface area contributed by atoms with E-state index in [1.807, 2.05) is 0 Å². The predicted molar refractivity (Wildman–Crippen MR) is 56.5 cm³/mol. The molecule has 0 aliphatic rings. The van der Waals surface area contributed by atoms with Crippen molar-refractivity contribution in [2.75, 3.05) is 14.2 Å². The number of carbonyl (C=O) groups excluding carboxylic acids is 1. The van der Waals surface area contributed by atoms with Gasteiger partial charge in [0.2, 0.25) is 0 Å². The van der Waals surface area contributed by atoms with Crippen LogP contribution in [0.15, 0.2) is 24.8 Å². The van der Waals surface area contributed by atoms with Gasteiger partial charge in [-0.1, -0.05) is 12.7 Å². The van der Waals surface area contributed by atoms with Crippen molar-refractivity contribution in [3.63, 3.8) is 0 Å². The van der Waals surface area contributed by atoms with Crippen molar-refractivity contribution in [2.24, 2.45) is 0 Å². The number of rotatable bonds is 3. The first-order valence-electron chi connectivity index (χ1n) is 4.25. The molecule has 3 nitrogen and oxygen atoms in total. The largest absolute Gasteiger partial charge is 0.497 e. The Labute approximate surface area is 83.4 Å². The molecule has 0 aromatic heterocycles. The first-order chi connectivity index (χ1) is 6.72. The van der Waals surface area contributed by atoms with Gasteiger partial charge in [-0.2, -0.15) is 0 Å². The minimum Gasteiger partial charge on any atom is -0.497 e. The lowest BCUT2D eigenvalue weighted by Gasteiger charge is -2.06. The molecule has 0 fully saturated rings. The molecule has 0 atom stereocenters. The summed E-state index contributed by atoms with van der Waals surface area (Å²) in [6.45, 7) is 3.65. The van der Waals surface area contributed by atoms with E-state index in [0.717, 1.165) is 5.56 Å². The summed E-state index contributed by atoms with van der Waals surface area (Å²) in [7, 11) is 3.18. The zero-order valence-corrected chi connectivity index (χ0v) is 8.33. The molecule has 0 heterocycles. The van der Waals surface area contributed by atoms with Crippen LogP contribution in [0.1, 0.15) is 15.9 Å². The standard InChI is InChI=1S/C11H13NO2/c1-4-8-7-9(14-3)5-6-10(8)11(13)12-2/h4-7H,1H2,2-3H3,(H,12,13). The average molecular weight is 191 g/mol. The molecule has 74 valence electrons. The Morgan fingerprint density at radius 3 is 2.79 bits per heavy atom. The molecular weight excluding hydrogens is 178 g/mol. The normalized spacial score (nSPS) is 9.29. The molecule has 0 aliphatic heterocycles. The second-order valence-electron chi connectivity index (χ2n) is 2.74. The van der Waals surface area contributed by atoms with Gasteiger partial charge in [0.05, 0.1) is 7.11 Å². The molecule has 0 radical (unpaired) electrons. The van der Waals surface area contributed by atoms with Gasteiger partial charge in [-0.25, -0.2) is 0 Å². The Morgan fingerprint density at radius 2 is 2.29 bits per heavy atom. The maximum atomic E-state index is 11.4. The van der Waals surface area contributed by atoms with Gasteiger partial charge in [-0.3, -0.25) is 4.79 Å². The molecular formula is C11H13NO2. The molecule has 0 bridgehead atoms. The summed E-state index contributed by atoms with van der Waals surface area (Å²) < 4.78 is 5.05. The van der Waals surface area contributed by atoms with E-state index in [1.54, 1.807) is 38.4 Å². The van der Waals surface area contributed by atoms with E-state index >= 15 is 0 Å². The van der Waals surface area contributed by atoms with Crippen LogP contribution in [0.3, 0.4) is 0 Å². The summed E-state index contributed by atoms with van der Waals surface area (Å²) in [6.07, 6.45) is 1.63. The van der Waals surface area contributed by atoms with Gasteiger partial charge in [0.25, 0.3) is 5.91 Å². The fourth-order valence-electron chi connectivity index (χ4n) is 1.18. The number of nitrogens with one attached hydrogen (secondary N) is 1. The number of ether oxygens (including phenoxy) is 1. The monoisotopic (exact) mass is 191 g/mol. The lowest BCUT2D eigenvalue weighted by atomic mass is 10.1. The number of hydrogen-bond acceptors (Lipinski definition) is 2. The van der Waals surface area contributed by atoms with Crippen molar-refractivity contribution in [1.82, 2.24) is 5.32 Å². The van der Waals surface area contributed by atoms with Gasteiger partial charge >= 0.3 is 0 Å². The zero-order valence-electron chi connectivity index (χ0n) is 8.33. The number of carbonyl (C=O) groups is 1. The third-order valence-corrected chi connectivity index (χ3v) is 1.95. The molecule has 0 spiro atoms. The van der Waals surface area contributed by atoms with Crippen molar-refractivity contribution in [2.45, 2.75) is 0 Å². The molecule has 0 unspecified atom stereocenters. The van der Waals surface area contributed by atoms with E-state index in [4.69, 9.17) is 4.74 Å². The van der Waals surface area contributed by atoms with E-state index in [-0.39, 0.29) is 5.91 Å². The molecule has 0 aliphatic carbocycles. The lowest BCUT2D eigenvalue weighted by Crippen LogP contribution is -2.18. The van der Waals surface area contributed by atoms with Crippen LogP contribution < -0.4 is 10.1 Å². The predicted octanol–water partition coefficient (Wildman–Crippen LogP) is 1.70. The number of hydrogen-bond donors (Lipinski definition) is 1. The number of methoxy groups -OCH3 is 1. The van der Waals surface area contributed by atoms with Gasteiger partial charge in [0.1, 0.15) is 5.75 Å². The van der Waals surface area contributed by atoms with Crippen molar-refractivity contribution < 1.29 is 9.53 Å². The molecule has 14 heavy (non-hydrogen) atoms. The lowest BCUT2D eigenvalue weighted by molar-refractivity contribution is 0.0963. The Balaban J connectivity index is 3.17. The highest BCUT2D eigenvalue weighted by molar-refractivity contribution is 5.97. The fraction of sp³-hybridized carbons (Fsp3) is 0.182. The van der Waals surface area contributed by atoms with Gasteiger partial charge < -0.3 is 10.1 Å². The Hall–Kier alpha value is -1.77. The topological polar surface area (TPSA) is 38.3 Å². The summed E-state index contributed by atoms with van der Waals surface area (Å²) in [5, 5.41) is 2.57. The second-order valence-corrected chi connectivity index (χ2v) is 2.74. The maximum absolute atomic E-state index is 11.4. The van der Waals surface area contributed by atoms with Crippen LogP contribution in [0, 0.1) is 0 Å². The third-order valence-electron chi connectivity index (χ3n) is 1.95. The molecule has 0 saturated carbocycles. The molecule has 1 rings (SSSR count). The van der Waals surface area contributed by atoms with Crippen molar-refractivity contribution >= 4 is 12.0 Å². The van der Waals surface area contributed by atoms with Crippen molar-refractivity contribution in [3.05, 3.63) is 35.9 Å². The van der Waals surface area contributed by atoms with Gasteiger partial charge in [0, 0.05) is 12.6 Å². The summed E-state index contributed by atoms with van der Waals surface area (Å²) in [6, 6.07) is 5.24. The Morgan fingerprint density at radius 1 is 1.57 bits per heavy atom. The quantitative estimate of drug-likeness (QED) is 0.789. The second kappa shape index (κ2) is 4.46. The van der Waals surface area contributed by atoms with Crippen LogP contribution in [0.25, 0.3) is 6.08 Å². The Bertz CT molecular complexity index is 358. The minimum absolute atomic E-state index is 0.123. The minimum atomic E-state index is -0.123. The molecule has 3 heteroatoms. The highest BCUT2D eigenvalue weighted by atomic mass is 16.5. The number of amides is 1. The van der Waals surface area contributed by atoms with Crippen LogP contribution in [0.2, 0.25) is 0 Å². The van der Waals surface area contributed by atoms with Crippen LogP contribution in [0.4, 0.5) is 0 Å². The van der Waals surface area contributed by atoms with Gasteiger partial charge in [-0.05, 0) is 23.8 Å². The zero-order chi connectivity index (χ0) is 10.6. The first-order valence-corrected chi connectivity index (χ1v) is 4.25. The van der Waals surface area contributed by atoms with Crippen LogP contribution in [-0.4, -0.2) is 20.1 Å². The summed E-state index contributed by atoms with van der Waals surface area (Å²) in [4.78, 5) is 11.4. The summed E-state index contributed by atoms with van der Waals surface area (Å²) in [5.41, 5.74) is 1.37. The SMILES string of the molecule is C=Cc1cc(OC)ccc1C(=O)NC. The smallest absolute Gasteiger partial charge is 0.251 e. The fourth-order valence-corrected chi connectivity index (χ4v) is 1.18. The van der Waals surface area contributed by atoms with E-state index in [9.17, 15) is 4.79 Å². The molecule has 1 aromatic rings. The highest BCUT2D eigenvalue weighted by Crippen LogP contribution is 2.18. The summed E-state index contributed by atoms with van der Waals surface area (Å²) in [5.74, 6) is 0.593. The summed E-state index contributed by atoms with van der Waals surface area (Å²) >= 11 is 0. The molecule has 1 amide bonds. The van der Waals surface area contributed by atoms with E-state index in [0.29, 0.717) is 11.3 Å².